The minimum Gasteiger partial charge on any atom is -0.481 e. The summed E-state index contributed by atoms with van der Waals surface area (Å²) in [5.41, 5.74) is 0.693. The Labute approximate surface area is 267 Å². The molecule has 1 aliphatic rings. The number of carboxylic acid groups (broad SMARTS) is 1. The van der Waals surface area contributed by atoms with E-state index in [9.17, 15) is 30.3 Å². The van der Waals surface area contributed by atoms with Gasteiger partial charge in [0.05, 0.1) is 45.8 Å². The molecular formula is C35H78NO7+. The van der Waals surface area contributed by atoms with E-state index in [1.165, 1.54) is 25.8 Å². The van der Waals surface area contributed by atoms with Gasteiger partial charge in [-0.2, -0.15) is 0 Å². The van der Waals surface area contributed by atoms with Gasteiger partial charge in [0, 0.05) is 12.3 Å². The molecule has 5 unspecified atom stereocenters. The van der Waals surface area contributed by atoms with Crippen molar-refractivity contribution in [3.8, 4) is 0 Å². The largest absolute Gasteiger partial charge is 0.481 e. The van der Waals surface area contributed by atoms with Gasteiger partial charge in [0.1, 0.15) is 18.3 Å². The third-order valence-corrected chi connectivity index (χ3v) is 7.01. The third-order valence-electron chi connectivity index (χ3n) is 7.01. The van der Waals surface area contributed by atoms with Gasteiger partial charge in [0.2, 0.25) is 0 Å². The van der Waals surface area contributed by atoms with Crippen LogP contribution in [0.5, 0.6) is 0 Å². The van der Waals surface area contributed by atoms with Crippen molar-refractivity contribution in [2.45, 2.75) is 161 Å². The third kappa shape index (κ3) is 26.2. The average molecular weight is 625 g/mol. The molecule has 0 heterocycles. The monoisotopic (exact) mass is 625 g/mol. The van der Waals surface area contributed by atoms with E-state index in [0.717, 1.165) is 10.9 Å². The maximum atomic E-state index is 10.4. The zero-order valence-corrected chi connectivity index (χ0v) is 30.6. The molecule has 0 bridgehead atoms. The number of aliphatic hydroxyl groups is 5. The van der Waals surface area contributed by atoms with Crippen molar-refractivity contribution in [2.75, 3.05) is 27.7 Å². The van der Waals surface area contributed by atoms with Crippen LogP contribution in [0.3, 0.4) is 0 Å². The van der Waals surface area contributed by atoms with Gasteiger partial charge < -0.3 is 35.1 Å². The van der Waals surface area contributed by atoms with E-state index in [4.69, 9.17) is 5.11 Å². The van der Waals surface area contributed by atoms with Gasteiger partial charge >= 0.3 is 5.97 Å². The van der Waals surface area contributed by atoms with Gasteiger partial charge in [0.25, 0.3) is 0 Å². The fourth-order valence-corrected chi connectivity index (χ4v) is 4.68. The molecule has 0 aromatic carbocycles. The second-order valence-electron chi connectivity index (χ2n) is 18.0. The predicted octanol–water partition coefficient (Wildman–Crippen LogP) is 6.21. The van der Waals surface area contributed by atoms with E-state index in [-0.39, 0.29) is 18.8 Å². The van der Waals surface area contributed by atoms with Crippen LogP contribution < -0.4 is 0 Å². The highest BCUT2D eigenvalue weighted by Crippen LogP contribution is 2.38. The Kier molecular flexibility index (Phi) is 22.5. The Hall–Kier alpha value is -0.770. The van der Waals surface area contributed by atoms with Crippen molar-refractivity contribution in [1.82, 2.24) is 0 Å². The SMILES string of the molecule is C.CC(C)(C)C1C(O)C(O)C(O)C(O)C1O.CC(C)(C)CC[N+](C)(C)C.CC(CC(C)(C)C)C(=O)O.CCCC(C)(C)C. The fourth-order valence-electron chi connectivity index (χ4n) is 4.68. The highest BCUT2D eigenvalue weighted by molar-refractivity contribution is 5.69. The Morgan fingerprint density at radius 1 is 0.651 bits per heavy atom. The summed E-state index contributed by atoms with van der Waals surface area (Å²) in [5, 5.41) is 56.4. The molecule has 0 radical (unpaired) electrons. The van der Waals surface area contributed by atoms with Crippen molar-refractivity contribution in [3.63, 3.8) is 0 Å². The van der Waals surface area contributed by atoms with Crippen LogP contribution in [-0.2, 0) is 4.79 Å². The first-order chi connectivity index (χ1) is 18.3. The Bertz CT molecular complexity index is 691. The van der Waals surface area contributed by atoms with Gasteiger partial charge in [-0.1, -0.05) is 111 Å². The first-order valence-corrected chi connectivity index (χ1v) is 15.7. The van der Waals surface area contributed by atoms with Gasteiger partial charge in [-0.3, -0.25) is 4.79 Å². The molecule has 0 aromatic heterocycles. The highest BCUT2D eigenvalue weighted by Gasteiger charge is 2.51. The molecule has 0 aromatic rings. The van der Waals surface area contributed by atoms with Crippen LogP contribution in [0.4, 0.5) is 0 Å². The smallest absolute Gasteiger partial charge is 0.306 e. The van der Waals surface area contributed by atoms with Crippen molar-refractivity contribution >= 4 is 5.97 Å². The molecule has 43 heavy (non-hydrogen) atoms. The minimum absolute atomic E-state index is 0. The molecule has 264 valence electrons. The number of carbonyl (C=O) groups is 1. The number of hydrogen-bond donors (Lipinski definition) is 6. The number of aliphatic carboxylic acids is 1. The van der Waals surface area contributed by atoms with E-state index in [0.29, 0.717) is 10.8 Å². The molecule has 5 atom stereocenters. The zero-order chi connectivity index (χ0) is 34.7. The summed E-state index contributed by atoms with van der Waals surface area (Å²) in [6.07, 6.45) is -2.14. The number of carboxylic acids is 1. The van der Waals surface area contributed by atoms with E-state index in [2.05, 4.69) is 69.6 Å². The summed E-state index contributed by atoms with van der Waals surface area (Å²) in [5.74, 6) is -1.60. The number of quaternary nitrogens is 1. The van der Waals surface area contributed by atoms with Crippen LogP contribution in [0.2, 0.25) is 0 Å². The molecule has 0 saturated heterocycles. The quantitative estimate of drug-likeness (QED) is 0.200. The topological polar surface area (TPSA) is 138 Å². The zero-order valence-electron chi connectivity index (χ0n) is 30.6. The van der Waals surface area contributed by atoms with Crippen molar-refractivity contribution in [1.29, 1.82) is 0 Å². The van der Waals surface area contributed by atoms with Crippen molar-refractivity contribution in [2.24, 2.45) is 33.5 Å². The molecule has 8 nitrogen and oxygen atoms in total. The van der Waals surface area contributed by atoms with Crippen LogP contribution >= 0.6 is 0 Å². The van der Waals surface area contributed by atoms with E-state index in [1.807, 2.05) is 20.8 Å². The van der Waals surface area contributed by atoms with E-state index >= 15 is 0 Å². The van der Waals surface area contributed by atoms with Crippen LogP contribution in [0.25, 0.3) is 0 Å². The number of aliphatic hydroxyl groups excluding tert-OH is 5. The fraction of sp³-hybridized carbons (Fsp3) is 0.971. The molecule has 1 saturated carbocycles. The molecule has 0 spiro atoms. The first-order valence-electron chi connectivity index (χ1n) is 15.7. The minimum atomic E-state index is -1.51. The second-order valence-corrected chi connectivity index (χ2v) is 18.0. The summed E-state index contributed by atoms with van der Waals surface area (Å²) >= 11 is 0. The summed E-state index contributed by atoms with van der Waals surface area (Å²) < 4.78 is 1.08. The normalized spacial score (nSPS) is 25.3. The Morgan fingerprint density at radius 2 is 0.977 bits per heavy atom. The lowest BCUT2D eigenvalue weighted by atomic mass is 9.66. The predicted molar refractivity (Wildman–Crippen MR) is 182 cm³/mol. The van der Waals surface area contributed by atoms with Crippen LogP contribution in [0, 0.1) is 33.5 Å². The van der Waals surface area contributed by atoms with Gasteiger partial charge in [-0.05, 0) is 34.5 Å². The Morgan fingerprint density at radius 3 is 1.12 bits per heavy atom. The van der Waals surface area contributed by atoms with E-state index < -0.39 is 47.8 Å². The van der Waals surface area contributed by atoms with Gasteiger partial charge in [-0.15, -0.1) is 0 Å². The van der Waals surface area contributed by atoms with Gasteiger partial charge in [-0.25, -0.2) is 0 Å². The molecule has 8 heteroatoms. The second kappa shape index (κ2) is 19.7. The molecule has 0 amide bonds. The number of nitrogens with zero attached hydrogens (tertiary/aromatic N) is 1. The molecule has 1 aliphatic carbocycles. The summed E-state index contributed by atoms with van der Waals surface area (Å²) in [6.45, 7) is 30.5. The summed E-state index contributed by atoms with van der Waals surface area (Å²) in [7, 11) is 6.73. The average Bonchev–Trinajstić information content (AvgIpc) is 2.72. The molecule has 1 fully saturated rings. The van der Waals surface area contributed by atoms with Crippen molar-refractivity contribution < 1.29 is 39.9 Å². The van der Waals surface area contributed by atoms with Crippen molar-refractivity contribution in [3.05, 3.63) is 0 Å². The molecule has 1 rings (SSSR count). The first kappa shape index (κ1) is 49.1. The van der Waals surface area contributed by atoms with E-state index in [1.54, 1.807) is 27.7 Å². The summed E-state index contributed by atoms with van der Waals surface area (Å²) in [6, 6.07) is 0. The summed E-state index contributed by atoms with van der Waals surface area (Å²) in [4.78, 5) is 10.4. The standard InChI is InChI=1S/C10H20O5.C9H22N.C8H16O2.C7H16.CH4/c1-10(2,3)4-5(11)7(13)9(15)8(14)6(4)12;1-9(2,3)7-8-10(4,5)6;1-6(7(9)10)5-8(2,3)4;1-5-6-7(2,3)4;/h4-9,11-15H,1-3H3;7-8H2,1-6H3;6H,5H2,1-4H3,(H,9,10);5-6H2,1-4H3;1H4/q;+1;;;. The van der Waals surface area contributed by atoms with Crippen LogP contribution in [0.15, 0.2) is 0 Å². The highest BCUT2D eigenvalue weighted by atomic mass is 16.4. The lowest BCUT2D eigenvalue weighted by Gasteiger charge is -2.47. The van der Waals surface area contributed by atoms with Gasteiger partial charge in [0.15, 0.2) is 0 Å². The Balaban J connectivity index is -0.000000243. The van der Waals surface area contributed by atoms with Crippen LogP contribution in [0.1, 0.15) is 130 Å². The number of rotatable bonds is 5. The molecular weight excluding hydrogens is 546 g/mol. The maximum Gasteiger partial charge on any atom is 0.306 e. The lowest BCUT2D eigenvalue weighted by Crippen LogP contribution is -2.63. The molecule has 0 aliphatic heterocycles. The van der Waals surface area contributed by atoms with Crippen LogP contribution in [-0.4, -0.2) is 99.3 Å². The lowest BCUT2D eigenvalue weighted by molar-refractivity contribution is -0.871. The maximum absolute atomic E-state index is 10.4. The number of hydrogen-bond acceptors (Lipinski definition) is 6. The molecule has 6 N–H and O–H groups in total.